The van der Waals surface area contributed by atoms with E-state index in [4.69, 9.17) is 10.7 Å². The van der Waals surface area contributed by atoms with Crippen molar-refractivity contribution in [1.29, 1.82) is 0 Å². The van der Waals surface area contributed by atoms with Gasteiger partial charge in [0, 0.05) is 31.0 Å². The Labute approximate surface area is 120 Å². The van der Waals surface area contributed by atoms with E-state index >= 15 is 0 Å². The summed E-state index contributed by atoms with van der Waals surface area (Å²) in [6.45, 7) is 6.18. The van der Waals surface area contributed by atoms with Gasteiger partial charge >= 0.3 is 0 Å². The van der Waals surface area contributed by atoms with Crippen molar-refractivity contribution in [3.8, 4) is 5.69 Å². The Kier molecular flexibility index (Phi) is 3.49. The highest BCUT2D eigenvalue weighted by Crippen LogP contribution is 2.27. The first kappa shape index (κ1) is 13.2. The molecule has 0 spiro atoms. The van der Waals surface area contributed by atoms with Crippen molar-refractivity contribution in [3.63, 3.8) is 0 Å². The van der Waals surface area contributed by atoms with Crippen LogP contribution in [0.5, 0.6) is 0 Å². The van der Waals surface area contributed by atoms with Gasteiger partial charge in [-0.3, -0.25) is 4.57 Å². The van der Waals surface area contributed by atoms with Crippen LogP contribution in [0, 0.1) is 12.8 Å². The summed E-state index contributed by atoms with van der Waals surface area (Å²) >= 11 is 0. The molecule has 1 saturated heterocycles. The minimum atomic E-state index is 0.251. The lowest BCUT2D eigenvalue weighted by molar-refractivity contribution is 0.487. The predicted octanol–water partition coefficient (Wildman–Crippen LogP) is 2.35. The van der Waals surface area contributed by atoms with E-state index in [2.05, 4.69) is 46.9 Å². The second-order valence-electron chi connectivity index (χ2n) is 5.74. The molecule has 2 unspecified atom stereocenters. The molecule has 0 bridgehead atoms. The Morgan fingerprint density at radius 3 is 2.70 bits per heavy atom. The lowest BCUT2D eigenvalue weighted by atomic mass is 10.0. The molecule has 0 amide bonds. The van der Waals surface area contributed by atoms with Gasteiger partial charge in [-0.25, -0.2) is 4.98 Å². The van der Waals surface area contributed by atoms with E-state index in [1.807, 2.05) is 13.0 Å². The fraction of sp³-hybridized carbons (Fsp3) is 0.438. The van der Waals surface area contributed by atoms with Crippen LogP contribution in [0.1, 0.15) is 19.0 Å². The Bertz CT molecular complexity index is 573. The van der Waals surface area contributed by atoms with Gasteiger partial charge in [0.15, 0.2) is 0 Å². The van der Waals surface area contributed by atoms with E-state index < -0.39 is 0 Å². The Morgan fingerprint density at radius 2 is 2.05 bits per heavy atom. The number of aryl methyl sites for hydroxylation is 1. The van der Waals surface area contributed by atoms with Gasteiger partial charge in [-0.2, -0.15) is 0 Å². The summed E-state index contributed by atoms with van der Waals surface area (Å²) in [5.41, 5.74) is 8.25. The number of rotatable bonds is 3. The van der Waals surface area contributed by atoms with Gasteiger partial charge in [0.05, 0.1) is 5.69 Å². The number of hydrogen-bond acceptors (Lipinski definition) is 3. The van der Waals surface area contributed by atoms with Crippen molar-refractivity contribution in [3.05, 3.63) is 42.2 Å². The molecule has 4 heteroatoms. The third-order valence-corrected chi connectivity index (χ3v) is 4.09. The van der Waals surface area contributed by atoms with Crippen LogP contribution in [0.15, 0.2) is 36.5 Å². The molecule has 4 nitrogen and oxygen atoms in total. The van der Waals surface area contributed by atoms with E-state index in [-0.39, 0.29) is 6.04 Å². The summed E-state index contributed by atoms with van der Waals surface area (Å²) in [6.07, 6.45) is 3.25. The topological polar surface area (TPSA) is 47.1 Å². The molecule has 1 fully saturated rings. The lowest BCUT2D eigenvalue weighted by Crippen LogP contribution is -2.30. The summed E-state index contributed by atoms with van der Waals surface area (Å²) in [6, 6.07) is 10.6. The largest absolute Gasteiger partial charge is 0.342 e. The maximum absolute atomic E-state index is 6.04. The molecule has 2 N–H and O–H groups in total. The van der Waals surface area contributed by atoms with Gasteiger partial charge in [-0.15, -0.1) is 0 Å². The smallest absolute Gasteiger partial charge is 0.210 e. The number of nitrogens with zero attached hydrogens (tertiary/aromatic N) is 3. The van der Waals surface area contributed by atoms with Crippen molar-refractivity contribution >= 4 is 5.95 Å². The Balaban J connectivity index is 1.91. The second-order valence-corrected chi connectivity index (χ2v) is 5.74. The standard InChI is InChI=1S/C16H22N4/c1-12-10-20(15-6-4-3-5-7-15)16(18-12)19-9-8-14(11-19)13(2)17/h3-7,10,13-14H,8-9,11,17H2,1-2H3. The summed E-state index contributed by atoms with van der Waals surface area (Å²) in [4.78, 5) is 7.07. The number of para-hydroxylation sites is 1. The quantitative estimate of drug-likeness (QED) is 0.931. The van der Waals surface area contributed by atoms with Crippen LogP contribution in [0.4, 0.5) is 5.95 Å². The van der Waals surface area contributed by atoms with Crippen LogP contribution >= 0.6 is 0 Å². The van der Waals surface area contributed by atoms with Gasteiger partial charge in [-0.05, 0) is 38.3 Å². The summed E-state index contributed by atoms with van der Waals surface area (Å²) in [7, 11) is 0. The van der Waals surface area contributed by atoms with Gasteiger partial charge in [0.25, 0.3) is 0 Å². The molecule has 1 aromatic carbocycles. The van der Waals surface area contributed by atoms with Crippen LogP contribution in [-0.4, -0.2) is 28.7 Å². The average molecular weight is 270 g/mol. The molecule has 1 aromatic heterocycles. The van der Waals surface area contributed by atoms with Gasteiger partial charge in [0.1, 0.15) is 0 Å². The first-order valence-corrected chi connectivity index (χ1v) is 7.27. The number of aromatic nitrogens is 2. The minimum absolute atomic E-state index is 0.251. The maximum Gasteiger partial charge on any atom is 0.210 e. The SMILES string of the molecule is Cc1cn(-c2ccccc2)c(N2CCC(C(C)N)C2)n1. The highest BCUT2D eigenvalue weighted by Gasteiger charge is 2.28. The predicted molar refractivity (Wildman–Crippen MR) is 82.3 cm³/mol. The number of hydrogen-bond donors (Lipinski definition) is 1. The molecule has 1 aliphatic heterocycles. The molecule has 2 aromatic rings. The zero-order valence-corrected chi connectivity index (χ0v) is 12.2. The van der Waals surface area contributed by atoms with Crippen LogP contribution in [0.2, 0.25) is 0 Å². The molecule has 0 radical (unpaired) electrons. The number of benzene rings is 1. The summed E-state index contributed by atoms with van der Waals surface area (Å²) in [5.74, 6) is 1.60. The summed E-state index contributed by atoms with van der Waals surface area (Å²) in [5, 5.41) is 0. The van der Waals surface area contributed by atoms with Crippen molar-refractivity contribution in [2.45, 2.75) is 26.3 Å². The zero-order chi connectivity index (χ0) is 14.1. The van der Waals surface area contributed by atoms with E-state index in [1.54, 1.807) is 0 Å². The number of nitrogens with two attached hydrogens (primary N) is 1. The molecule has 106 valence electrons. The van der Waals surface area contributed by atoms with Crippen molar-refractivity contribution in [1.82, 2.24) is 9.55 Å². The van der Waals surface area contributed by atoms with E-state index in [0.29, 0.717) is 5.92 Å². The van der Waals surface area contributed by atoms with Crippen molar-refractivity contribution in [2.24, 2.45) is 11.7 Å². The maximum atomic E-state index is 6.04. The third-order valence-electron chi connectivity index (χ3n) is 4.09. The first-order chi connectivity index (χ1) is 9.65. The summed E-state index contributed by atoms with van der Waals surface area (Å²) < 4.78 is 2.18. The molecule has 3 rings (SSSR count). The molecule has 0 saturated carbocycles. The monoisotopic (exact) mass is 270 g/mol. The lowest BCUT2D eigenvalue weighted by Gasteiger charge is -2.20. The molecule has 2 heterocycles. The molecule has 0 aliphatic carbocycles. The van der Waals surface area contributed by atoms with E-state index in [0.717, 1.165) is 36.8 Å². The zero-order valence-electron chi connectivity index (χ0n) is 12.2. The second kappa shape index (κ2) is 5.29. The molecule has 1 aliphatic rings. The van der Waals surface area contributed by atoms with Crippen LogP contribution in [0.25, 0.3) is 5.69 Å². The molecular weight excluding hydrogens is 248 g/mol. The molecule has 20 heavy (non-hydrogen) atoms. The van der Waals surface area contributed by atoms with Crippen molar-refractivity contribution in [2.75, 3.05) is 18.0 Å². The highest BCUT2D eigenvalue weighted by molar-refractivity contribution is 5.45. The minimum Gasteiger partial charge on any atom is -0.342 e. The van der Waals surface area contributed by atoms with Gasteiger partial charge in [-0.1, -0.05) is 18.2 Å². The van der Waals surface area contributed by atoms with Crippen LogP contribution < -0.4 is 10.6 Å². The van der Waals surface area contributed by atoms with Crippen molar-refractivity contribution < 1.29 is 0 Å². The van der Waals surface area contributed by atoms with Gasteiger partial charge in [0.2, 0.25) is 5.95 Å². The normalized spacial score (nSPS) is 20.4. The number of imidazole rings is 1. The molecular formula is C16H22N4. The Morgan fingerprint density at radius 1 is 1.30 bits per heavy atom. The average Bonchev–Trinajstić information content (AvgIpc) is 3.06. The van der Waals surface area contributed by atoms with Crippen LogP contribution in [0.3, 0.4) is 0 Å². The molecule has 2 atom stereocenters. The fourth-order valence-electron chi connectivity index (χ4n) is 2.88. The fourth-order valence-corrected chi connectivity index (χ4v) is 2.88. The van der Waals surface area contributed by atoms with Crippen LogP contribution in [-0.2, 0) is 0 Å². The Hall–Kier alpha value is -1.81. The number of anilines is 1. The highest BCUT2D eigenvalue weighted by atomic mass is 15.3. The van der Waals surface area contributed by atoms with Gasteiger partial charge < -0.3 is 10.6 Å². The first-order valence-electron chi connectivity index (χ1n) is 7.27. The van der Waals surface area contributed by atoms with E-state index in [1.165, 1.54) is 0 Å². The van der Waals surface area contributed by atoms with E-state index in [9.17, 15) is 0 Å². The third kappa shape index (κ3) is 2.43.